The zero-order chi connectivity index (χ0) is 10.1. The van der Waals surface area contributed by atoms with Crippen molar-refractivity contribution in [3.63, 3.8) is 0 Å². The van der Waals surface area contributed by atoms with Crippen molar-refractivity contribution in [2.45, 2.75) is 18.2 Å². The van der Waals surface area contributed by atoms with Gasteiger partial charge < -0.3 is 0 Å². The molecule has 1 aromatic carbocycles. The van der Waals surface area contributed by atoms with Crippen molar-refractivity contribution in [2.75, 3.05) is 0 Å². The summed E-state index contributed by atoms with van der Waals surface area (Å²) >= 11 is 6.03. The topological polar surface area (TPSA) is 23.8 Å². The summed E-state index contributed by atoms with van der Waals surface area (Å²) in [5.41, 5.74) is 1.97. The van der Waals surface area contributed by atoms with Crippen LogP contribution >= 0.6 is 24.0 Å². The quantitative estimate of drug-likeness (QED) is 0.728. The predicted octanol–water partition coefficient (Wildman–Crippen LogP) is 3.62. The van der Waals surface area contributed by atoms with Crippen LogP contribution in [0.4, 0.5) is 0 Å². The van der Waals surface area contributed by atoms with E-state index in [2.05, 4.69) is 25.6 Å². The van der Waals surface area contributed by atoms with Crippen molar-refractivity contribution in [1.29, 1.82) is 5.26 Å². The summed E-state index contributed by atoms with van der Waals surface area (Å²) in [6.07, 6.45) is 0.982. The molecule has 0 saturated heterocycles. The van der Waals surface area contributed by atoms with Gasteiger partial charge in [0.1, 0.15) is 6.07 Å². The molecule has 2 rings (SSSR count). The monoisotopic (exact) mass is 219 g/mol. The van der Waals surface area contributed by atoms with E-state index in [0.717, 1.165) is 16.7 Å². The molecule has 0 aliphatic heterocycles. The first kappa shape index (κ1) is 9.57. The van der Waals surface area contributed by atoms with Crippen molar-refractivity contribution in [3.8, 4) is 6.07 Å². The summed E-state index contributed by atoms with van der Waals surface area (Å²) in [6.45, 7) is 2.12. The molecule has 3 heteroatoms. The minimum Gasteiger partial charge on any atom is -0.192 e. The second-order valence-electron chi connectivity index (χ2n) is 3.06. The normalized spacial score (nSPS) is 10.4. The number of benzene rings is 1. The average Bonchev–Trinajstić information content (AvgIpc) is 2.65. The molecule has 0 aliphatic rings. The number of hydrogen-bond donors (Lipinski definition) is 1. The van der Waals surface area contributed by atoms with Gasteiger partial charge in [-0.1, -0.05) is 6.92 Å². The highest BCUT2D eigenvalue weighted by atomic mass is 32.1. The summed E-state index contributed by atoms with van der Waals surface area (Å²) in [6, 6.07) is 6.20. The molecule has 0 amide bonds. The number of rotatable bonds is 1. The van der Waals surface area contributed by atoms with E-state index in [-0.39, 0.29) is 0 Å². The molecular weight excluding hydrogens is 210 g/mol. The van der Waals surface area contributed by atoms with Gasteiger partial charge in [0, 0.05) is 15.0 Å². The lowest BCUT2D eigenvalue weighted by molar-refractivity contribution is 1.15. The Balaban J connectivity index is 2.90. The third-order valence-corrected chi connectivity index (χ3v) is 3.63. The van der Waals surface area contributed by atoms with E-state index in [1.165, 1.54) is 10.3 Å². The minimum absolute atomic E-state index is 0.696. The highest BCUT2D eigenvalue weighted by Gasteiger charge is 2.09. The van der Waals surface area contributed by atoms with Gasteiger partial charge in [-0.15, -0.1) is 24.0 Å². The smallest absolute Gasteiger partial charge is 0.101 e. The maximum Gasteiger partial charge on any atom is 0.101 e. The van der Waals surface area contributed by atoms with Gasteiger partial charge in [-0.3, -0.25) is 0 Å². The van der Waals surface area contributed by atoms with Gasteiger partial charge in [-0.25, -0.2) is 0 Å². The van der Waals surface area contributed by atoms with Gasteiger partial charge in [0.2, 0.25) is 0 Å². The highest BCUT2D eigenvalue weighted by Crippen LogP contribution is 2.32. The summed E-state index contributed by atoms with van der Waals surface area (Å²) in [5.74, 6) is 0. The lowest BCUT2D eigenvalue weighted by atomic mass is 10.1. The first-order valence-electron chi connectivity index (χ1n) is 4.40. The first-order valence-corrected chi connectivity index (χ1v) is 5.72. The number of nitriles is 1. The van der Waals surface area contributed by atoms with E-state index >= 15 is 0 Å². The molecule has 70 valence electrons. The van der Waals surface area contributed by atoms with E-state index < -0.39 is 0 Å². The largest absolute Gasteiger partial charge is 0.192 e. The molecule has 0 saturated carbocycles. The lowest BCUT2D eigenvalue weighted by Crippen LogP contribution is -1.86. The van der Waals surface area contributed by atoms with Crippen LogP contribution in [0.1, 0.15) is 18.1 Å². The fourth-order valence-corrected chi connectivity index (χ4v) is 2.89. The summed E-state index contributed by atoms with van der Waals surface area (Å²) < 4.78 is 1.22. The third-order valence-electron chi connectivity index (χ3n) is 2.29. The van der Waals surface area contributed by atoms with Crippen LogP contribution in [0.25, 0.3) is 10.1 Å². The van der Waals surface area contributed by atoms with E-state index in [4.69, 9.17) is 5.26 Å². The maximum atomic E-state index is 9.00. The fraction of sp³-hybridized carbons (Fsp3) is 0.182. The van der Waals surface area contributed by atoms with Crippen molar-refractivity contribution < 1.29 is 0 Å². The summed E-state index contributed by atoms with van der Waals surface area (Å²) in [5, 5.41) is 12.1. The first-order chi connectivity index (χ1) is 6.77. The molecule has 1 heterocycles. The number of hydrogen-bond acceptors (Lipinski definition) is 3. The Morgan fingerprint density at radius 1 is 1.57 bits per heavy atom. The Kier molecular flexibility index (Phi) is 2.49. The van der Waals surface area contributed by atoms with Gasteiger partial charge in [-0.2, -0.15) is 5.26 Å². The Hall–Kier alpha value is -0.980. The number of thiol groups is 1. The molecule has 0 spiro atoms. The van der Waals surface area contributed by atoms with Gasteiger partial charge in [-0.05, 0) is 29.5 Å². The number of fused-ring (bicyclic) bond motifs is 1. The number of aryl methyl sites for hydroxylation is 1. The van der Waals surface area contributed by atoms with E-state index in [1.54, 1.807) is 11.3 Å². The summed E-state index contributed by atoms with van der Waals surface area (Å²) in [7, 11) is 0. The average molecular weight is 219 g/mol. The molecule has 0 unspecified atom stereocenters. The molecule has 0 fully saturated rings. The second-order valence-corrected chi connectivity index (χ2v) is 4.46. The molecule has 1 aromatic heterocycles. The van der Waals surface area contributed by atoms with Gasteiger partial charge in [0.15, 0.2) is 0 Å². The lowest BCUT2D eigenvalue weighted by Gasteiger charge is -2.03. The molecule has 1 nitrogen and oxygen atoms in total. The Morgan fingerprint density at radius 3 is 3.00 bits per heavy atom. The van der Waals surface area contributed by atoms with Crippen LogP contribution in [0.3, 0.4) is 0 Å². The van der Waals surface area contributed by atoms with Gasteiger partial charge in [0.25, 0.3) is 0 Å². The number of nitrogens with zero attached hydrogens (tertiary/aromatic N) is 1. The minimum atomic E-state index is 0.696. The van der Waals surface area contributed by atoms with Crippen molar-refractivity contribution >= 4 is 34.1 Å². The number of thiophene rings is 1. The third kappa shape index (κ3) is 1.31. The van der Waals surface area contributed by atoms with E-state index in [9.17, 15) is 0 Å². The summed E-state index contributed by atoms with van der Waals surface area (Å²) in [4.78, 5) is 0.787. The second kappa shape index (κ2) is 3.64. The fourth-order valence-electron chi connectivity index (χ4n) is 1.58. The molecule has 2 aromatic rings. The van der Waals surface area contributed by atoms with Crippen LogP contribution in [0, 0.1) is 11.3 Å². The Labute approximate surface area is 92.4 Å². The van der Waals surface area contributed by atoms with Crippen LogP contribution in [0.2, 0.25) is 0 Å². The van der Waals surface area contributed by atoms with Crippen LogP contribution < -0.4 is 0 Å². The predicted molar refractivity (Wildman–Crippen MR) is 63.2 cm³/mol. The van der Waals surface area contributed by atoms with Gasteiger partial charge >= 0.3 is 0 Å². The van der Waals surface area contributed by atoms with Crippen molar-refractivity contribution in [3.05, 3.63) is 28.6 Å². The molecule has 0 radical (unpaired) electrons. The molecule has 0 atom stereocenters. The molecular formula is C11H9NS2. The van der Waals surface area contributed by atoms with E-state index in [0.29, 0.717) is 5.56 Å². The zero-order valence-corrected chi connectivity index (χ0v) is 9.45. The maximum absolute atomic E-state index is 9.00. The van der Waals surface area contributed by atoms with Crippen LogP contribution in [-0.2, 0) is 6.42 Å². The Morgan fingerprint density at radius 2 is 2.36 bits per heavy atom. The zero-order valence-electron chi connectivity index (χ0n) is 7.74. The van der Waals surface area contributed by atoms with Crippen LogP contribution in [-0.4, -0.2) is 0 Å². The highest BCUT2D eigenvalue weighted by molar-refractivity contribution is 7.80. The van der Waals surface area contributed by atoms with E-state index in [1.807, 2.05) is 17.5 Å². The molecule has 0 aliphatic carbocycles. The standard InChI is InChI=1S/C11H9NS2/c1-2-7-5-10(13)9(6-12)8-3-4-14-11(7)8/h3-5,13H,2H2,1H3. The Bertz CT molecular complexity index is 520. The van der Waals surface area contributed by atoms with Gasteiger partial charge in [0.05, 0.1) is 5.56 Å². The van der Waals surface area contributed by atoms with Crippen LogP contribution in [0.5, 0.6) is 0 Å². The SMILES string of the molecule is CCc1cc(S)c(C#N)c2ccsc12. The molecule has 0 bridgehead atoms. The van der Waals surface area contributed by atoms with Crippen molar-refractivity contribution in [1.82, 2.24) is 0 Å². The molecule has 0 N–H and O–H groups in total. The molecule has 14 heavy (non-hydrogen) atoms. The van der Waals surface area contributed by atoms with Crippen LogP contribution in [0.15, 0.2) is 22.4 Å². The van der Waals surface area contributed by atoms with Crippen molar-refractivity contribution in [2.24, 2.45) is 0 Å².